The second-order valence-electron chi connectivity index (χ2n) is 7.99. The summed E-state index contributed by atoms with van der Waals surface area (Å²) in [7, 11) is 2.17. The first kappa shape index (κ1) is 23.8. The molecule has 11 nitrogen and oxygen atoms in total. The number of fused-ring (bicyclic) bond motifs is 1. The van der Waals surface area contributed by atoms with Crippen LogP contribution >= 0.6 is 11.5 Å². The van der Waals surface area contributed by atoms with Crippen LogP contribution in [0.15, 0.2) is 30.9 Å². The van der Waals surface area contributed by atoms with Gasteiger partial charge in [0.2, 0.25) is 0 Å². The van der Waals surface area contributed by atoms with E-state index in [0.717, 1.165) is 71.8 Å². The van der Waals surface area contributed by atoms with E-state index in [1.54, 1.807) is 13.1 Å². The van der Waals surface area contributed by atoms with Gasteiger partial charge in [0.25, 0.3) is 6.47 Å². The van der Waals surface area contributed by atoms with Gasteiger partial charge in [-0.15, -0.1) is 0 Å². The van der Waals surface area contributed by atoms with Crippen molar-refractivity contribution in [3.05, 3.63) is 42.2 Å². The first-order valence-electron chi connectivity index (χ1n) is 11.1. The predicted molar refractivity (Wildman–Crippen MR) is 131 cm³/mol. The van der Waals surface area contributed by atoms with Gasteiger partial charge in [0.15, 0.2) is 11.5 Å². The highest BCUT2D eigenvalue weighted by molar-refractivity contribution is 7.10. The Kier molecular flexibility index (Phi) is 7.83. The van der Waals surface area contributed by atoms with Gasteiger partial charge in [0.05, 0.1) is 36.1 Å². The van der Waals surface area contributed by atoms with E-state index < -0.39 is 0 Å². The zero-order valence-electron chi connectivity index (χ0n) is 19.6. The molecule has 4 aromatic heterocycles. The van der Waals surface area contributed by atoms with Crippen LogP contribution in [0, 0.1) is 6.92 Å². The zero-order chi connectivity index (χ0) is 23.9. The molecule has 0 aliphatic carbocycles. The number of piperazine rings is 1. The van der Waals surface area contributed by atoms with E-state index in [0.29, 0.717) is 13.1 Å². The number of hydrogen-bond donors (Lipinski definition) is 2. The lowest BCUT2D eigenvalue weighted by Crippen LogP contribution is -2.43. The van der Waals surface area contributed by atoms with Crippen molar-refractivity contribution in [3.63, 3.8) is 0 Å². The number of rotatable bonds is 7. The van der Waals surface area contributed by atoms with Gasteiger partial charge in [-0.1, -0.05) is 0 Å². The topological polar surface area (TPSA) is 117 Å². The highest BCUT2D eigenvalue weighted by Gasteiger charge is 2.17. The van der Waals surface area contributed by atoms with Crippen LogP contribution in [-0.4, -0.2) is 85.0 Å². The largest absolute Gasteiger partial charge is 0.468 e. The van der Waals surface area contributed by atoms with E-state index in [1.807, 2.05) is 29.9 Å². The molecule has 0 bridgehead atoms. The quantitative estimate of drug-likeness (QED) is 0.383. The van der Waals surface area contributed by atoms with Crippen molar-refractivity contribution in [1.29, 1.82) is 0 Å². The normalized spacial score (nSPS) is 14.6. The lowest BCUT2D eigenvalue weighted by Gasteiger charge is -2.31. The van der Waals surface area contributed by atoms with Crippen molar-refractivity contribution in [2.24, 2.45) is 0 Å². The number of imidazole rings is 1. The molecule has 180 valence electrons. The maximum absolute atomic E-state index is 9.18. The standard InChI is InChI=1S/C19H23N9S.C3H6O2/c1-13-11-28-16(14-8-21-22-9-14)10-20-19(28)18(23-13)24-17-7-15(25-29-17)12-27-5-3-26(2)4-6-27;1-2-5-3-4/h7-11H,3-6,12H2,1-2H3,(H,21,22)(H,23,24);3H,2H2,1H3. The van der Waals surface area contributed by atoms with Gasteiger partial charge in [0, 0.05) is 50.7 Å². The van der Waals surface area contributed by atoms with Gasteiger partial charge < -0.3 is 15.0 Å². The molecule has 0 spiro atoms. The van der Waals surface area contributed by atoms with E-state index in [2.05, 4.69) is 57.5 Å². The predicted octanol–water partition coefficient (Wildman–Crippen LogP) is 2.55. The number of H-pyrrole nitrogens is 1. The smallest absolute Gasteiger partial charge is 0.293 e. The van der Waals surface area contributed by atoms with Crippen molar-refractivity contribution in [2.75, 3.05) is 45.2 Å². The lowest BCUT2D eigenvalue weighted by atomic mass is 10.3. The van der Waals surface area contributed by atoms with Crippen LogP contribution < -0.4 is 5.32 Å². The molecule has 0 radical (unpaired) electrons. The Morgan fingerprint density at radius 2 is 2.09 bits per heavy atom. The molecule has 0 saturated carbocycles. The van der Waals surface area contributed by atoms with Crippen LogP contribution in [-0.2, 0) is 16.1 Å². The van der Waals surface area contributed by atoms with Crippen molar-refractivity contribution in [3.8, 4) is 11.3 Å². The maximum atomic E-state index is 9.18. The fraction of sp³-hybridized carbons (Fsp3) is 0.409. The van der Waals surface area contributed by atoms with E-state index >= 15 is 0 Å². The third-order valence-corrected chi connectivity index (χ3v) is 6.17. The molecule has 0 atom stereocenters. The lowest BCUT2D eigenvalue weighted by molar-refractivity contribution is -0.128. The number of carbonyl (C=O) groups excluding carboxylic acids is 1. The van der Waals surface area contributed by atoms with Gasteiger partial charge in [-0.05, 0) is 38.5 Å². The molecule has 5 heterocycles. The molecular weight excluding hydrogens is 454 g/mol. The molecule has 0 aromatic carbocycles. The molecule has 1 saturated heterocycles. The average molecular weight is 484 g/mol. The first-order chi connectivity index (χ1) is 16.6. The molecule has 1 aliphatic rings. The number of likely N-dealkylation sites (N-methyl/N-ethyl adjacent to an activating group) is 1. The van der Waals surface area contributed by atoms with Crippen LogP contribution in [0.2, 0.25) is 0 Å². The minimum atomic E-state index is 0.431. The fourth-order valence-corrected chi connectivity index (χ4v) is 4.32. The number of aryl methyl sites for hydroxylation is 1. The fourth-order valence-electron chi connectivity index (χ4n) is 3.66. The Hall–Kier alpha value is -3.35. The Bertz CT molecular complexity index is 1200. The summed E-state index contributed by atoms with van der Waals surface area (Å²) in [5, 5.41) is 11.3. The summed E-state index contributed by atoms with van der Waals surface area (Å²) in [6, 6.07) is 2.11. The second kappa shape index (κ2) is 11.2. The minimum Gasteiger partial charge on any atom is -0.468 e. The molecule has 0 amide bonds. The van der Waals surface area contributed by atoms with Gasteiger partial charge >= 0.3 is 0 Å². The summed E-state index contributed by atoms with van der Waals surface area (Å²) < 4.78 is 10.8. The Labute approximate surface area is 201 Å². The van der Waals surface area contributed by atoms with Crippen molar-refractivity contribution in [2.45, 2.75) is 20.4 Å². The number of carbonyl (C=O) groups is 1. The number of ether oxygens (including phenoxy) is 1. The summed E-state index contributed by atoms with van der Waals surface area (Å²) in [5.41, 5.74) is 4.74. The van der Waals surface area contributed by atoms with E-state index in [9.17, 15) is 4.79 Å². The number of aromatic amines is 1. The number of hydrogen-bond acceptors (Lipinski definition) is 10. The highest BCUT2D eigenvalue weighted by atomic mass is 32.1. The number of anilines is 2. The Balaban J connectivity index is 0.000000499. The van der Waals surface area contributed by atoms with Gasteiger partial charge in [0.1, 0.15) is 5.00 Å². The first-order valence-corrected chi connectivity index (χ1v) is 11.9. The Morgan fingerprint density at radius 1 is 1.26 bits per heavy atom. The molecule has 1 aliphatic heterocycles. The molecular formula is C22H29N9O2S. The summed E-state index contributed by atoms with van der Waals surface area (Å²) in [6.07, 6.45) is 7.49. The number of aromatic nitrogens is 6. The molecule has 1 fully saturated rings. The van der Waals surface area contributed by atoms with Crippen LogP contribution in [0.25, 0.3) is 16.9 Å². The van der Waals surface area contributed by atoms with E-state index in [-0.39, 0.29) is 0 Å². The van der Waals surface area contributed by atoms with E-state index in [4.69, 9.17) is 0 Å². The van der Waals surface area contributed by atoms with Crippen molar-refractivity contribution in [1.82, 2.24) is 38.7 Å². The number of nitrogens with one attached hydrogen (secondary N) is 2. The summed E-state index contributed by atoms with van der Waals surface area (Å²) in [4.78, 5) is 23.3. The maximum Gasteiger partial charge on any atom is 0.293 e. The molecule has 5 rings (SSSR count). The van der Waals surface area contributed by atoms with Crippen LogP contribution in [0.5, 0.6) is 0 Å². The van der Waals surface area contributed by atoms with Gasteiger partial charge in [-0.25, -0.2) is 9.97 Å². The molecule has 0 unspecified atom stereocenters. The average Bonchev–Trinajstić information content (AvgIpc) is 3.57. The summed E-state index contributed by atoms with van der Waals surface area (Å²) in [5.74, 6) is 0.731. The third-order valence-electron chi connectivity index (χ3n) is 5.42. The number of nitrogens with zero attached hydrogens (tertiary/aromatic N) is 7. The summed E-state index contributed by atoms with van der Waals surface area (Å²) in [6.45, 7) is 9.92. The van der Waals surface area contributed by atoms with Crippen molar-refractivity contribution < 1.29 is 9.53 Å². The monoisotopic (exact) mass is 483 g/mol. The highest BCUT2D eigenvalue weighted by Crippen LogP contribution is 2.27. The Morgan fingerprint density at radius 3 is 2.76 bits per heavy atom. The SMILES string of the molecule is CCOC=O.Cc1cn2c(-c3cn[nH]c3)cnc2c(Nc2cc(CN3CCN(C)CC3)ns2)n1. The van der Waals surface area contributed by atoms with Crippen LogP contribution in [0.3, 0.4) is 0 Å². The van der Waals surface area contributed by atoms with Crippen LogP contribution in [0.4, 0.5) is 10.8 Å². The van der Waals surface area contributed by atoms with Crippen LogP contribution in [0.1, 0.15) is 18.3 Å². The second-order valence-corrected chi connectivity index (χ2v) is 8.80. The molecule has 2 N–H and O–H groups in total. The molecule has 4 aromatic rings. The van der Waals surface area contributed by atoms with Gasteiger partial charge in [-0.3, -0.25) is 19.2 Å². The third kappa shape index (κ3) is 5.76. The van der Waals surface area contributed by atoms with E-state index in [1.165, 1.54) is 11.5 Å². The van der Waals surface area contributed by atoms with Crippen molar-refractivity contribution >= 4 is 34.5 Å². The molecule has 34 heavy (non-hydrogen) atoms. The van der Waals surface area contributed by atoms with Gasteiger partial charge in [-0.2, -0.15) is 9.47 Å². The minimum absolute atomic E-state index is 0.431. The summed E-state index contributed by atoms with van der Waals surface area (Å²) >= 11 is 1.46. The zero-order valence-corrected chi connectivity index (χ0v) is 20.4. The molecule has 12 heteroatoms.